The molecule has 110 valence electrons. The first-order chi connectivity index (χ1) is 9.69. The molecule has 1 aromatic rings. The summed E-state index contributed by atoms with van der Waals surface area (Å²) < 4.78 is 12.8. The lowest BCUT2D eigenvalue weighted by atomic mass is 10.00. The Kier molecular flexibility index (Phi) is 5.49. The zero-order valence-electron chi connectivity index (χ0n) is 11.5. The molecule has 1 heterocycles. The summed E-state index contributed by atoms with van der Waals surface area (Å²) in [5.74, 6) is -0.413. The number of hydrogen-bond donors (Lipinski definition) is 2. The Morgan fingerprint density at radius 3 is 2.80 bits per heavy atom. The molecular weight excluding hydrogens is 259 g/mol. The van der Waals surface area contributed by atoms with E-state index in [1.54, 1.807) is 12.1 Å². The second-order valence-corrected chi connectivity index (χ2v) is 5.19. The molecule has 1 aromatic carbocycles. The number of nitrogens with one attached hydrogen (secondary N) is 1. The van der Waals surface area contributed by atoms with Crippen molar-refractivity contribution in [2.24, 2.45) is 0 Å². The van der Waals surface area contributed by atoms with E-state index in [2.05, 4.69) is 10.2 Å². The van der Waals surface area contributed by atoms with E-state index in [4.69, 9.17) is 5.11 Å². The van der Waals surface area contributed by atoms with Gasteiger partial charge in [0.15, 0.2) is 0 Å². The molecule has 0 spiro atoms. The minimum atomic E-state index is -0.318. The van der Waals surface area contributed by atoms with Crippen LogP contribution in [0.1, 0.15) is 25.7 Å². The van der Waals surface area contributed by atoms with Crippen molar-refractivity contribution in [1.82, 2.24) is 4.90 Å². The highest BCUT2D eigenvalue weighted by Gasteiger charge is 2.23. The molecule has 4 nitrogen and oxygen atoms in total. The first kappa shape index (κ1) is 14.9. The lowest BCUT2D eigenvalue weighted by Gasteiger charge is -2.34. The Bertz CT molecular complexity index is 434. The zero-order valence-corrected chi connectivity index (χ0v) is 11.5. The molecule has 1 fully saturated rings. The minimum absolute atomic E-state index is 0.0959. The van der Waals surface area contributed by atoms with Crippen LogP contribution in [0.2, 0.25) is 0 Å². The summed E-state index contributed by atoms with van der Waals surface area (Å²) >= 11 is 0. The van der Waals surface area contributed by atoms with Crippen LogP contribution in [0.3, 0.4) is 0 Å². The zero-order chi connectivity index (χ0) is 14.4. The van der Waals surface area contributed by atoms with Crippen LogP contribution in [0.5, 0.6) is 0 Å². The van der Waals surface area contributed by atoms with Gasteiger partial charge in [-0.25, -0.2) is 4.39 Å². The number of benzene rings is 1. The number of aliphatic hydroxyl groups is 1. The molecule has 1 unspecified atom stereocenters. The lowest BCUT2D eigenvalue weighted by molar-refractivity contribution is -0.118. The molecule has 0 saturated carbocycles. The number of hydrogen-bond acceptors (Lipinski definition) is 3. The highest BCUT2D eigenvalue weighted by atomic mass is 19.1. The lowest BCUT2D eigenvalue weighted by Crippen LogP contribution is -2.44. The summed E-state index contributed by atoms with van der Waals surface area (Å²) in [4.78, 5) is 14.1. The van der Waals surface area contributed by atoms with Gasteiger partial charge in [0.25, 0.3) is 0 Å². The van der Waals surface area contributed by atoms with Gasteiger partial charge in [-0.15, -0.1) is 0 Å². The monoisotopic (exact) mass is 280 g/mol. The highest BCUT2D eigenvalue weighted by Crippen LogP contribution is 2.19. The smallest absolute Gasteiger partial charge is 0.238 e. The van der Waals surface area contributed by atoms with Gasteiger partial charge in [0.2, 0.25) is 5.91 Å². The molecule has 0 aliphatic carbocycles. The number of piperidine rings is 1. The molecule has 2 rings (SSSR count). The Morgan fingerprint density at radius 2 is 2.10 bits per heavy atom. The fourth-order valence-corrected chi connectivity index (χ4v) is 2.66. The van der Waals surface area contributed by atoms with Gasteiger partial charge in [-0.3, -0.25) is 9.69 Å². The number of likely N-dealkylation sites (tertiary alicyclic amines) is 1. The first-order valence-corrected chi connectivity index (χ1v) is 7.09. The summed E-state index contributed by atoms with van der Waals surface area (Å²) in [6, 6.07) is 6.03. The third-order valence-corrected chi connectivity index (χ3v) is 3.69. The second kappa shape index (κ2) is 7.36. The van der Waals surface area contributed by atoms with E-state index in [0.29, 0.717) is 18.7 Å². The molecule has 1 saturated heterocycles. The standard InChI is InChI=1S/C15H21FN2O2/c16-12-4-6-13(7-5-12)17-15(20)11-18-9-2-1-3-14(18)8-10-19/h4-7,14,19H,1-3,8-11H2,(H,17,20). The highest BCUT2D eigenvalue weighted by molar-refractivity contribution is 5.92. The van der Waals surface area contributed by atoms with Crippen molar-refractivity contribution in [1.29, 1.82) is 0 Å². The molecule has 1 atom stereocenters. The average molecular weight is 280 g/mol. The quantitative estimate of drug-likeness (QED) is 0.867. The van der Waals surface area contributed by atoms with Crippen LogP contribution in [0, 0.1) is 5.82 Å². The molecule has 0 bridgehead atoms. The van der Waals surface area contributed by atoms with Gasteiger partial charge in [0.05, 0.1) is 6.54 Å². The van der Waals surface area contributed by atoms with E-state index in [1.165, 1.54) is 12.1 Å². The van der Waals surface area contributed by atoms with Gasteiger partial charge in [0, 0.05) is 18.3 Å². The van der Waals surface area contributed by atoms with Crippen molar-refractivity contribution in [2.75, 3.05) is 25.0 Å². The van der Waals surface area contributed by atoms with Gasteiger partial charge >= 0.3 is 0 Å². The van der Waals surface area contributed by atoms with Crippen LogP contribution < -0.4 is 5.32 Å². The second-order valence-electron chi connectivity index (χ2n) is 5.19. The maximum Gasteiger partial charge on any atom is 0.238 e. The summed E-state index contributed by atoms with van der Waals surface area (Å²) in [5, 5.41) is 11.8. The largest absolute Gasteiger partial charge is 0.396 e. The van der Waals surface area contributed by atoms with E-state index in [9.17, 15) is 9.18 Å². The van der Waals surface area contributed by atoms with Gasteiger partial charge in [-0.05, 0) is 50.1 Å². The molecule has 20 heavy (non-hydrogen) atoms. The first-order valence-electron chi connectivity index (χ1n) is 7.09. The number of anilines is 1. The van der Waals surface area contributed by atoms with E-state index in [0.717, 1.165) is 25.8 Å². The van der Waals surface area contributed by atoms with Gasteiger partial charge in [0.1, 0.15) is 5.82 Å². The number of carbonyl (C=O) groups excluding carboxylic acids is 1. The van der Waals surface area contributed by atoms with Gasteiger partial charge < -0.3 is 10.4 Å². The van der Waals surface area contributed by atoms with E-state index in [1.807, 2.05) is 0 Å². The van der Waals surface area contributed by atoms with Crippen LogP contribution in [-0.4, -0.2) is 41.7 Å². The van der Waals surface area contributed by atoms with E-state index in [-0.39, 0.29) is 24.4 Å². The summed E-state index contributed by atoms with van der Waals surface area (Å²) in [6.07, 6.45) is 3.99. The molecule has 0 aromatic heterocycles. The number of amides is 1. The van der Waals surface area contributed by atoms with Crippen molar-refractivity contribution in [3.05, 3.63) is 30.1 Å². The maximum atomic E-state index is 12.8. The number of carbonyl (C=O) groups is 1. The minimum Gasteiger partial charge on any atom is -0.396 e. The van der Waals surface area contributed by atoms with Crippen molar-refractivity contribution in [3.8, 4) is 0 Å². The Morgan fingerprint density at radius 1 is 1.35 bits per heavy atom. The number of rotatable bonds is 5. The third kappa shape index (κ3) is 4.28. The van der Waals surface area contributed by atoms with Gasteiger partial charge in [-0.2, -0.15) is 0 Å². The summed E-state index contributed by atoms with van der Waals surface area (Å²) in [7, 11) is 0. The number of halogens is 1. The third-order valence-electron chi connectivity index (χ3n) is 3.69. The maximum absolute atomic E-state index is 12.8. The van der Waals surface area contributed by atoms with Crippen LogP contribution in [-0.2, 0) is 4.79 Å². The van der Waals surface area contributed by atoms with Crippen molar-refractivity contribution < 1.29 is 14.3 Å². The molecule has 2 N–H and O–H groups in total. The molecule has 1 amide bonds. The summed E-state index contributed by atoms with van der Waals surface area (Å²) in [6.45, 7) is 1.37. The SMILES string of the molecule is O=C(CN1CCCCC1CCO)Nc1ccc(F)cc1. The predicted molar refractivity (Wildman–Crippen MR) is 75.9 cm³/mol. The summed E-state index contributed by atoms with van der Waals surface area (Å²) in [5.41, 5.74) is 0.604. The van der Waals surface area contributed by atoms with Crippen molar-refractivity contribution in [3.63, 3.8) is 0 Å². The molecule has 0 radical (unpaired) electrons. The van der Waals surface area contributed by atoms with Crippen LogP contribution in [0.4, 0.5) is 10.1 Å². The van der Waals surface area contributed by atoms with Crippen LogP contribution in [0.15, 0.2) is 24.3 Å². The Hall–Kier alpha value is -1.46. The number of aliphatic hydroxyl groups excluding tert-OH is 1. The fourth-order valence-electron chi connectivity index (χ4n) is 2.66. The molecule has 5 heteroatoms. The van der Waals surface area contributed by atoms with Gasteiger partial charge in [-0.1, -0.05) is 6.42 Å². The van der Waals surface area contributed by atoms with Crippen molar-refractivity contribution >= 4 is 11.6 Å². The molecule has 1 aliphatic rings. The van der Waals surface area contributed by atoms with E-state index >= 15 is 0 Å². The van der Waals surface area contributed by atoms with Crippen molar-refractivity contribution in [2.45, 2.75) is 31.7 Å². The predicted octanol–water partition coefficient (Wildman–Crippen LogP) is 2.00. The fraction of sp³-hybridized carbons (Fsp3) is 0.533. The van der Waals surface area contributed by atoms with E-state index < -0.39 is 0 Å². The average Bonchev–Trinajstić information content (AvgIpc) is 2.44. The van der Waals surface area contributed by atoms with Crippen LogP contribution in [0.25, 0.3) is 0 Å². The Balaban J connectivity index is 1.87. The topological polar surface area (TPSA) is 52.6 Å². The number of nitrogens with zero attached hydrogens (tertiary/aromatic N) is 1. The van der Waals surface area contributed by atoms with Crippen LogP contribution >= 0.6 is 0 Å². The Labute approximate surface area is 118 Å². The normalized spacial score (nSPS) is 19.8. The molecular formula is C15H21FN2O2. The molecule has 1 aliphatic heterocycles.